The van der Waals surface area contributed by atoms with Crippen molar-refractivity contribution in [2.75, 3.05) is 18.8 Å². The lowest BCUT2D eigenvalue weighted by molar-refractivity contribution is 0.341. The first-order valence-electron chi connectivity index (χ1n) is 5.38. The van der Waals surface area contributed by atoms with Gasteiger partial charge in [-0.15, -0.1) is 0 Å². The Bertz CT molecular complexity index is 530. The summed E-state index contributed by atoms with van der Waals surface area (Å²) in [7, 11) is 0. The molecule has 0 spiro atoms. The van der Waals surface area contributed by atoms with Crippen molar-refractivity contribution in [3.05, 3.63) is 28.6 Å². The molecule has 0 radical (unpaired) electrons. The minimum Gasteiger partial charge on any atom is -0.385 e. The van der Waals surface area contributed by atoms with Crippen molar-refractivity contribution in [1.82, 2.24) is 14.7 Å². The number of nitrogens with zero attached hydrogens (tertiary/aromatic N) is 2. The summed E-state index contributed by atoms with van der Waals surface area (Å²) in [4.78, 5) is 4.54. The van der Waals surface area contributed by atoms with E-state index < -0.39 is 0 Å². The molecule has 0 amide bonds. The number of halogens is 1. The Morgan fingerprint density at radius 2 is 2.31 bits per heavy atom. The maximum atomic E-state index is 5.99. The maximum absolute atomic E-state index is 5.99. The Morgan fingerprint density at radius 1 is 1.50 bits per heavy atom. The lowest BCUT2D eigenvalue weighted by Crippen LogP contribution is -2.43. The fourth-order valence-electron chi connectivity index (χ4n) is 2.08. The minimum absolute atomic E-state index is 0.692. The molecule has 0 atom stereocenters. The lowest BCUT2D eigenvalue weighted by atomic mass is 9.99. The topological polar surface area (TPSA) is 55.3 Å². The third-order valence-corrected chi connectivity index (χ3v) is 3.64. The quantitative estimate of drug-likeness (QED) is 0.875. The molecule has 4 nitrogen and oxygen atoms in total. The van der Waals surface area contributed by atoms with E-state index in [-0.39, 0.29) is 0 Å². The number of fused-ring (bicyclic) bond motifs is 1. The van der Waals surface area contributed by atoms with Crippen LogP contribution in [0.3, 0.4) is 0 Å². The lowest BCUT2D eigenvalue weighted by Gasteiger charge is -2.26. The van der Waals surface area contributed by atoms with Crippen LogP contribution in [0.2, 0.25) is 0 Å². The summed E-state index contributed by atoms with van der Waals surface area (Å²) in [6, 6.07) is 5.88. The van der Waals surface area contributed by atoms with Crippen LogP contribution in [0.15, 0.2) is 22.8 Å². The Labute approximate surface area is 102 Å². The smallest absolute Gasteiger partial charge is 0.132 e. The van der Waals surface area contributed by atoms with Gasteiger partial charge in [0.2, 0.25) is 0 Å². The maximum Gasteiger partial charge on any atom is 0.132 e. The zero-order chi connectivity index (χ0) is 11.1. The highest BCUT2D eigenvalue weighted by Gasteiger charge is 2.20. The van der Waals surface area contributed by atoms with Gasteiger partial charge in [0.1, 0.15) is 16.2 Å². The van der Waals surface area contributed by atoms with E-state index in [1.165, 1.54) is 0 Å². The molecule has 3 N–H and O–H groups in total. The Hall–Kier alpha value is -1.07. The largest absolute Gasteiger partial charge is 0.385 e. The molecule has 1 fully saturated rings. The molecule has 1 aliphatic rings. The van der Waals surface area contributed by atoms with Crippen LogP contribution in [-0.4, -0.2) is 22.5 Å². The molecule has 0 aromatic carbocycles. The number of pyridine rings is 1. The number of nitrogen functional groups attached to an aromatic ring is 1. The molecule has 3 heterocycles. The van der Waals surface area contributed by atoms with E-state index in [0.29, 0.717) is 5.92 Å². The second-order valence-electron chi connectivity index (χ2n) is 4.22. The first-order chi connectivity index (χ1) is 7.75. The van der Waals surface area contributed by atoms with Gasteiger partial charge in [0, 0.05) is 6.42 Å². The van der Waals surface area contributed by atoms with Gasteiger partial charge in [-0.05, 0) is 47.1 Å². The highest BCUT2D eigenvalue weighted by Crippen LogP contribution is 2.24. The zero-order valence-electron chi connectivity index (χ0n) is 8.78. The Kier molecular flexibility index (Phi) is 2.37. The number of nitrogens with one attached hydrogen (secondary N) is 1. The van der Waals surface area contributed by atoms with E-state index in [1.807, 2.05) is 22.6 Å². The predicted octanol–water partition coefficient (Wildman–Crippen LogP) is 1.44. The van der Waals surface area contributed by atoms with E-state index in [2.05, 4.69) is 26.2 Å². The molecule has 0 unspecified atom stereocenters. The van der Waals surface area contributed by atoms with E-state index in [9.17, 15) is 0 Å². The van der Waals surface area contributed by atoms with Gasteiger partial charge < -0.3 is 11.1 Å². The molecule has 0 bridgehead atoms. The second kappa shape index (κ2) is 3.75. The van der Waals surface area contributed by atoms with Gasteiger partial charge in [0.05, 0.1) is 5.52 Å². The van der Waals surface area contributed by atoms with E-state index in [4.69, 9.17) is 5.73 Å². The number of anilines is 1. The Morgan fingerprint density at radius 3 is 3.00 bits per heavy atom. The number of nitrogens with two attached hydrogens (primary N) is 1. The molecule has 1 saturated heterocycles. The van der Waals surface area contributed by atoms with Crippen LogP contribution in [0, 0.1) is 5.92 Å². The summed E-state index contributed by atoms with van der Waals surface area (Å²) in [6.07, 6.45) is 0.980. The van der Waals surface area contributed by atoms with Crippen molar-refractivity contribution in [3.63, 3.8) is 0 Å². The molecular weight excluding hydrogens is 268 g/mol. The predicted molar refractivity (Wildman–Crippen MR) is 67.4 cm³/mol. The first-order valence-corrected chi connectivity index (χ1v) is 6.17. The number of aromatic nitrogens is 2. The SMILES string of the molecule is Nc1cccc2c(Br)nc(CC3CNC3)n12. The number of hydrogen-bond acceptors (Lipinski definition) is 3. The highest BCUT2D eigenvalue weighted by atomic mass is 79.9. The van der Waals surface area contributed by atoms with Crippen LogP contribution >= 0.6 is 15.9 Å². The van der Waals surface area contributed by atoms with Crippen LogP contribution < -0.4 is 11.1 Å². The van der Waals surface area contributed by atoms with Crippen LogP contribution in [0.5, 0.6) is 0 Å². The van der Waals surface area contributed by atoms with Crippen molar-refractivity contribution in [2.45, 2.75) is 6.42 Å². The average Bonchev–Trinajstić information content (AvgIpc) is 2.52. The summed E-state index contributed by atoms with van der Waals surface area (Å²) in [5.41, 5.74) is 7.04. The molecule has 84 valence electrons. The molecule has 2 aromatic heterocycles. The minimum atomic E-state index is 0.692. The normalized spacial score (nSPS) is 16.6. The van der Waals surface area contributed by atoms with Gasteiger partial charge in [-0.3, -0.25) is 4.40 Å². The molecule has 5 heteroatoms. The van der Waals surface area contributed by atoms with E-state index in [0.717, 1.165) is 41.3 Å². The highest BCUT2D eigenvalue weighted by molar-refractivity contribution is 9.10. The Balaban J connectivity index is 2.09. The standard InChI is InChI=1S/C11H13BrN4/c12-11-8-2-1-3-9(13)16(8)10(15-11)4-7-5-14-6-7/h1-3,7,14H,4-6,13H2. The summed E-state index contributed by atoms with van der Waals surface area (Å²) in [6.45, 7) is 2.17. The fraction of sp³-hybridized carbons (Fsp3) is 0.364. The number of hydrogen-bond donors (Lipinski definition) is 2. The molecule has 2 aromatic rings. The average molecular weight is 281 g/mol. The van der Waals surface area contributed by atoms with Crippen molar-refractivity contribution >= 4 is 27.3 Å². The van der Waals surface area contributed by atoms with Gasteiger partial charge >= 0.3 is 0 Å². The first kappa shape index (κ1) is 10.1. The second-order valence-corrected chi connectivity index (χ2v) is 4.97. The molecule has 0 saturated carbocycles. The number of rotatable bonds is 2. The van der Waals surface area contributed by atoms with Gasteiger partial charge in [-0.1, -0.05) is 6.07 Å². The van der Waals surface area contributed by atoms with Gasteiger partial charge in [-0.2, -0.15) is 0 Å². The van der Waals surface area contributed by atoms with Gasteiger partial charge in [0.25, 0.3) is 0 Å². The van der Waals surface area contributed by atoms with Crippen LogP contribution in [-0.2, 0) is 6.42 Å². The van der Waals surface area contributed by atoms with Crippen molar-refractivity contribution in [2.24, 2.45) is 5.92 Å². The fourth-order valence-corrected chi connectivity index (χ4v) is 2.60. The molecule has 0 aliphatic carbocycles. The summed E-state index contributed by atoms with van der Waals surface area (Å²) in [5.74, 6) is 2.49. The molecule has 16 heavy (non-hydrogen) atoms. The molecule has 1 aliphatic heterocycles. The van der Waals surface area contributed by atoms with Crippen molar-refractivity contribution < 1.29 is 0 Å². The monoisotopic (exact) mass is 280 g/mol. The van der Waals surface area contributed by atoms with Crippen LogP contribution in [0.1, 0.15) is 5.82 Å². The van der Waals surface area contributed by atoms with Gasteiger partial charge in [-0.25, -0.2) is 4.98 Å². The van der Waals surface area contributed by atoms with Crippen LogP contribution in [0.4, 0.5) is 5.82 Å². The van der Waals surface area contributed by atoms with E-state index >= 15 is 0 Å². The summed E-state index contributed by atoms with van der Waals surface area (Å²) >= 11 is 3.48. The zero-order valence-corrected chi connectivity index (χ0v) is 10.4. The van der Waals surface area contributed by atoms with Crippen molar-refractivity contribution in [3.8, 4) is 0 Å². The van der Waals surface area contributed by atoms with Crippen LogP contribution in [0.25, 0.3) is 5.52 Å². The van der Waals surface area contributed by atoms with E-state index in [1.54, 1.807) is 0 Å². The van der Waals surface area contributed by atoms with Crippen molar-refractivity contribution in [1.29, 1.82) is 0 Å². The molecule has 3 rings (SSSR count). The van der Waals surface area contributed by atoms with Gasteiger partial charge in [0.15, 0.2) is 0 Å². The summed E-state index contributed by atoms with van der Waals surface area (Å²) in [5, 5.41) is 3.27. The number of imidazole rings is 1. The molecular formula is C11H13BrN4. The third kappa shape index (κ3) is 1.51. The summed E-state index contributed by atoms with van der Waals surface area (Å²) < 4.78 is 2.91. The third-order valence-electron chi connectivity index (χ3n) is 3.05.